The van der Waals surface area contributed by atoms with E-state index in [2.05, 4.69) is 59.4 Å². The molecule has 2 fully saturated rings. The van der Waals surface area contributed by atoms with Gasteiger partial charge in [0.1, 0.15) is 12.4 Å². The molecule has 3 atom stereocenters. The number of terminal acetylenes is 1. The lowest BCUT2D eigenvalue weighted by atomic mass is 9.52. The van der Waals surface area contributed by atoms with Crippen LogP contribution in [0.15, 0.2) is 48.5 Å². The van der Waals surface area contributed by atoms with Crippen molar-refractivity contribution in [3.05, 3.63) is 65.2 Å². The third-order valence-electron chi connectivity index (χ3n) is 7.47. The minimum Gasteiger partial charge on any atom is -0.481 e. The minimum absolute atomic E-state index is 0.346. The van der Waals surface area contributed by atoms with E-state index in [4.69, 9.17) is 11.2 Å². The maximum Gasteiger partial charge on any atom is 0.148 e. The Hall–Kier alpha value is -2.24. The number of piperidine rings is 1. The minimum atomic E-state index is 0.346. The summed E-state index contributed by atoms with van der Waals surface area (Å²) in [6, 6.07) is 18.4. The normalized spacial score (nSPS) is 27.0. The zero-order valence-corrected chi connectivity index (χ0v) is 18.6. The number of rotatable bonds is 4. The smallest absolute Gasteiger partial charge is 0.148 e. The molecular formula is C28H35NO. The Morgan fingerprint density at radius 2 is 1.93 bits per heavy atom. The molecule has 30 heavy (non-hydrogen) atoms. The highest BCUT2D eigenvalue weighted by Gasteiger charge is 2.53. The SMILES string of the molecule is C#CCOc1ccc2c(c1)C13CCCCC1C(C2)N(Cc1ccccc1)CC3.CC. The Balaban J connectivity index is 0.00000106. The highest BCUT2D eigenvalue weighted by Crippen LogP contribution is 2.56. The molecule has 3 unspecified atom stereocenters. The van der Waals surface area contributed by atoms with E-state index in [1.54, 1.807) is 5.56 Å². The third kappa shape index (κ3) is 3.77. The van der Waals surface area contributed by atoms with E-state index in [-0.39, 0.29) is 0 Å². The van der Waals surface area contributed by atoms with Crippen molar-refractivity contribution in [3.8, 4) is 18.1 Å². The van der Waals surface area contributed by atoms with Crippen molar-refractivity contribution >= 4 is 0 Å². The largest absolute Gasteiger partial charge is 0.481 e. The summed E-state index contributed by atoms with van der Waals surface area (Å²) in [5.74, 6) is 4.31. The van der Waals surface area contributed by atoms with Crippen LogP contribution < -0.4 is 4.74 Å². The van der Waals surface area contributed by atoms with Crippen molar-refractivity contribution < 1.29 is 4.74 Å². The molecule has 2 aliphatic carbocycles. The fourth-order valence-electron chi connectivity index (χ4n) is 6.29. The van der Waals surface area contributed by atoms with Crippen LogP contribution in [0.2, 0.25) is 0 Å². The summed E-state index contributed by atoms with van der Waals surface area (Å²) >= 11 is 0. The van der Waals surface area contributed by atoms with Crippen LogP contribution in [0.5, 0.6) is 5.75 Å². The van der Waals surface area contributed by atoms with Gasteiger partial charge in [0, 0.05) is 18.0 Å². The molecule has 2 aromatic rings. The van der Waals surface area contributed by atoms with Gasteiger partial charge >= 0.3 is 0 Å². The predicted octanol–water partition coefficient (Wildman–Crippen LogP) is 5.98. The quantitative estimate of drug-likeness (QED) is 0.584. The van der Waals surface area contributed by atoms with Gasteiger partial charge in [0.05, 0.1) is 0 Å². The number of nitrogens with zero attached hydrogens (tertiary/aromatic N) is 1. The second-order valence-electron chi connectivity index (χ2n) is 8.80. The summed E-state index contributed by atoms with van der Waals surface area (Å²) in [5, 5.41) is 0. The van der Waals surface area contributed by atoms with Crippen LogP contribution >= 0.6 is 0 Å². The Labute approximate surface area is 182 Å². The van der Waals surface area contributed by atoms with Crippen LogP contribution in [0.3, 0.4) is 0 Å². The molecule has 0 amide bonds. The molecule has 5 rings (SSSR count). The van der Waals surface area contributed by atoms with Crippen LogP contribution in [-0.2, 0) is 18.4 Å². The summed E-state index contributed by atoms with van der Waals surface area (Å²) in [7, 11) is 0. The zero-order chi connectivity index (χ0) is 21.0. The van der Waals surface area contributed by atoms with Gasteiger partial charge in [-0.25, -0.2) is 0 Å². The molecule has 0 N–H and O–H groups in total. The molecular weight excluding hydrogens is 366 g/mol. The highest BCUT2D eigenvalue weighted by molar-refractivity contribution is 5.45. The van der Waals surface area contributed by atoms with Crippen LogP contribution in [-0.4, -0.2) is 24.1 Å². The monoisotopic (exact) mass is 401 g/mol. The summed E-state index contributed by atoms with van der Waals surface area (Å²) in [6.07, 6.45) is 13.3. The first-order chi connectivity index (χ1) is 14.8. The van der Waals surface area contributed by atoms with Crippen molar-refractivity contribution in [1.29, 1.82) is 0 Å². The predicted molar refractivity (Wildman–Crippen MR) is 125 cm³/mol. The molecule has 158 valence electrons. The maximum atomic E-state index is 5.79. The van der Waals surface area contributed by atoms with Crippen molar-refractivity contribution in [2.75, 3.05) is 13.2 Å². The third-order valence-corrected chi connectivity index (χ3v) is 7.47. The fourth-order valence-corrected chi connectivity index (χ4v) is 6.29. The van der Waals surface area contributed by atoms with Gasteiger partial charge in [-0.15, -0.1) is 6.42 Å². The topological polar surface area (TPSA) is 12.5 Å². The van der Waals surface area contributed by atoms with Crippen molar-refractivity contribution in [3.63, 3.8) is 0 Å². The van der Waals surface area contributed by atoms with Gasteiger partial charge in [-0.3, -0.25) is 4.90 Å². The summed E-state index contributed by atoms with van der Waals surface area (Å²) < 4.78 is 5.79. The maximum absolute atomic E-state index is 5.79. The van der Waals surface area contributed by atoms with Gasteiger partial charge in [0.15, 0.2) is 0 Å². The standard InChI is InChI=1S/C26H29NO.C2H6/c1-2-16-28-22-12-11-21-17-25-23-10-6-7-13-26(23,24(21)18-22)14-15-27(25)19-20-8-4-3-5-9-20;1-2/h1,3-5,8-9,11-12,18,23,25H,6-7,10,13-17,19H2;1-2H3. The molecule has 0 spiro atoms. The van der Waals surface area contributed by atoms with Crippen LogP contribution in [0, 0.1) is 18.3 Å². The van der Waals surface area contributed by atoms with Crippen LogP contribution in [0.25, 0.3) is 0 Å². The fraction of sp³-hybridized carbons (Fsp3) is 0.500. The van der Waals surface area contributed by atoms with E-state index in [1.807, 2.05) is 13.8 Å². The lowest BCUT2D eigenvalue weighted by molar-refractivity contribution is -0.0157. The lowest BCUT2D eigenvalue weighted by Gasteiger charge is -2.59. The first-order valence-electron chi connectivity index (χ1n) is 11.8. The number of hydrogen-bond donors (Lipinski definition) is 0. The second kappa shape index (κ2) is 9.27. The molecule has 1 heterocycles. The van der Waals surface area contributed by atoms with E-state index in [0.717, 1.165) is 18.2 Å². The molecule has 2 nitrogen and oxygen atoms in total. The Morgan fingerprint density at radius 1 is 1.10 bits per heavy atom. The molecule has 1 aliphatic heterocycles. The number of hydrogen-bond acceptors (Lipinski definition) is 2. The Kier molecular flexibility index (Phi) is 6.49. The number of benzene rings is 2. The summed E-state index contributed by atoms with van der Waals surface area (Å²) in [4.78, 5) is 2.77. The highest BCUT2D eigenvalue weighted by atomic mass is 16.5. The number of likely N-dealkylation sites (tertiary alicyclic amines) is 1. The number of ether oxygens (including phenoxy) is 1. The van der Waals surface area contributed by atoms with E-state index in [9.17, 15) is 0 Å². The van der Waals surface area contributed by atoms with Crippen molar-refractivity contribution in [1.82, 2.24) is 4.90 Å². The number of fused-ring (bicyclic) bond motifs is 1. The van der Waals surface area contributed by atoms with Gasteiger partial charge in [0.2, 0.25) is 0 Å². The Morgan fingerprint density at radius 3 is 2.73 bits per heavy atom. The zero-order valence-electron chi connectivity index (χ0n) is 18.6. The van der Waals surface area contributed by atoms with Gasteiger partial charge in [-0.05, 0) is 67.0 Å². The molecule has 0 aromatic heterocycles. The van der Waals surface area contributed by atoms with Crippen LogP contribution in [0.1, 0.15) is 62.6 Å². The Bertz CT molecular complexity index is 883. The van der Waals surface area contributed by atoms with Gasteiger partial charge in [-0.1, -0.05) is 69.0 Å². The molecule has 2 heteroatoms. The van der Waals surface area contributed by atoms with Gasteiger partial charge in [0.25, 0.3) is 0 Å². The lowest BCUT2D eigenvalue weighted by Crippen LogP contribution is -2.60. The van der Waals surface area contributed by atoms with Crippen molar-refractivity contribution in [2.24, 2.45) is 5.92 Å². The summed E-state index contributed by atoms with van der Waals surface area (Å²) in [6.45, 7) is 6.63. The average molecular weight is 402 g/mol. The second-order valence-corrected chi connectivity index (χ2v) is 8.80. The molecule has 0 radical (unpaired) electrons. The van der Waals surface area contributed by atoms with Gasteiger partial charge in [-0.2, -0.15) is 0 Å². The van der Waals surface area contributed by atoms with E-state index in [1.165, 1.54) is 56.2 Å². The first kappa shape index (κ1) is 21.0. The molecule has 2 aromatic carbocycles. The molecule has 1 saturated carbocycles. The van der Waals surface area contributed by atoms with Crippen molar-refractivity contribution in [2.45, 2.75) is 70.4 Å². The van der Waals surface area contributed by atoms with E-state index >= 15 is 0 Å². The van der Waals surface area contributed by atoms with Gasteiger partial charge < -0.3 is 4.74 Å². The average Bonchev–Trinajstić information content (AvgIpc) is 2.81. The first-order valence-corrected chi connectivity index (χ1v) is 11.8. The van der Waals surface area contributed by atoms with Crippen LogP contribution in [0.4, 0.5) is 0 Å². The van der Waals surface area contributed by atoms with E-state index in [0.29, 0.717) is 18.1 Å². The summed E-state index contributed by atoms with van der Waals surface area (Å²) in [5.41, 5.74) is 4.89. The molecule has 3 aliphatic rings. The van der Waals surface area contributed by atoms with E-state index < -0.39 is 0 Å². The molecule has 1 saturated heterocycles. The molecule has 2 bridgehead atoms.